The van der Waals surface area contributed by atoms with Gasteiger partial charge in [-0.05, 0) is 33.8 Å². The molecular formula is C44H58N2O13. The smallest absolute Gasteiger partial charge is 0.312 e. The molecule has 0 aromatic heterocycles. The molecule has 1 fully saturated rings. The molecule has 15 heteroatoms. The number of rotatable bonds is 3. The molecule has 10 atom stereocenters. The maximum atomic E-state index is 14.5. The molecule has 5 bridgehead atoms. The molecule has 0 radical (unpaired) electrons. The number of phenols is 3. The van der Waals surface area contributed by atoms with Crippen LogP contribution in [0.15, 0.2) is 36.1 Å². The van der Waals surface area contributed by atoms with Crippen LogP contribution in [0.1, 0.15) is 103 Å². The summed E-state index contributed by atoms with van der Waals surface area (Å²) in [7, 11) is 1.43. The summed E-state index contributed by atoms with van der Waals surface area (Å²) in [4.78, 5) is 53.8. The number of aliphatic hydroxyl groups is 2. The highest BCUT2D eigenvalue weighted by molar-refractivity contribution is 6.22. The second-order valence-corrected chi connectivity index (χ2v) is 17.1. The van der Waals surface area contributed by atoms with Crippen LogP contribution in [0.25, 0.3) is 10.8 Å². The molecule has 0 aliphatic carbocycles. The van der Waals surface area contributed by atoms with Crippen molar-refractivity contribution in [3.8, 4) is 23.0 Å². The van der Waals surface area contributed by atoms with Gasteiger partial charge in [0.15, 0.2) is 5.75 Å². The van der Waals surface area contributed by atoms with Gasteiger partial charge < -0.3 is 55.1 Å². The number of allylic oxidation sites excluding steroid dienone is 2. The van der Waals surface area contributed by atoms with Gasteiger partial charge in [0.1, 0.15) is 29.1 Å². The first-order valence-electron chi connectivity index (χ1n) is 19.8. The number of hydrogen-bond donors (Lipinski definition) is 7. The maximum absolute atomic E-state index is 14.5. The van der Waals surface area contributed by atoms with Crippen LogP contribution >= 0.6 is 0 Å². The Bertz CT molecular complexity index is 2120. The third kappa shape index (κ3) is 8.56. The van der Waals surface area contributed by atoms with E-state index in [1.54, 1.807) is 53.7 Å². The van der Waals surface area contributed by atoms with E-state index in [9.17, 15) is 44.7 Å². The van der Waals surface area contributed by atoms with E-state index >= 15 is 0 Å². The molecule has 2 aromatic carbocycles. The third-order valence-electron chi connectivity index (χ3n) is 12.0. The normalized spacial score (nSPS) is 33.2. The van der Waals surface area contributed by atoms with Gasteiger partial charge in [0, 0.05) is 91.1 Å². The lowest BCUT2D eigenvalue weighted by Gasteiger charge is -2.38. The van der Waals surface area contributed by atoms with Crippen LogP contribution in [0.2, 0.25) is 0 Å². The summed E-state index contributed by atoms with van der Waals surface area (Å²) >= 11 is 0. The number of aromatic hydroxyl groups is 3. The van der Waals surface area contributed by atoms with Gasteiger partial charge >= 0.3 is 11.8 Å². The van der Waals surface area contributed by atoms with E-state index in [1.807, 2.05) is 0 Å². The molecule has 0 unspecified atom stereocenters. The zero-order valence-electron chi connectivity index (χ0n) is 35.5. The number of carbonyl (C=O) groups is 4. The van der Waals surface area contributed by atoms with Crippen molar-refractivity contribution in [3.05, 3.63) is 52.8 Å². The number of methoxy groups -OCH3 is 1. The first-order chi connectivity index (χ1) is 27.5. The Morgan fingerprint density at radius 2 is 1.56 bits per heavy atom. The Hall–Kier alpha value is -4.96. The van der Waals surface area contributed by atoms with Gasteiger partial charge in [0.05, 0.1) is 41.2 Å². The van der Waals surface area contributed by atoms with Crippen LogP contribution in [0.4, 0.5) is 5.69 Å². The molecule has 4 aliphatic rings. The van der Waals surface area contributed by atoms with E-state index < -0.39 is 100 Å². The van der Waals surface area contributed by atoms with Gasteiger partial charge in [-0.2, -0.15) is 0 Å². The Morgan fingerprint density at radius 1 is 0.898 bits per heavy atom. The number of ketones is 2. The highest BCUT2D eigenvalue weighted by Crippen LogP contribution is 2.57. The number of hydrogen-bond acceptors (Lipinski definition) is 14. The van der Waals surface area contributed by atoms with E-state index in [1.165, 1.54) is 53.2 Å². The summed E-state index contributed by atoms with van der Waals surface area (Å²) in [5.41, 5.74) is -1.19. The maximum Gasteiger partial charge on any atom is 0.312 e. The molecule has 6 rings (SSSR count). The lowest BCUT2D eigenvalue weighted by Crippen LogP contribution is -2.48. The average Bonchev–Trinajstić information content (AvgIpc) is 3.42. The second kappa shape index (κ2) is 17.0. The molecule has 322 valence electrons. The third-order valence-corrected chi connectivity index (χ3v) is 12.0. The van der Waals surface area contributed by atoms with Crippen LogP contribution in [0, 0.1) is 30.6 Å². The first-order valence-corrected chi connectivity index (χ1v) is 19.8. The monoisotopic (exact) mass is 822 g/mol. The van der Waals surface area contributed by atoms with Gasteiger partial charge in [-0.1, -0.05) is 45.9 Å². The quantitative estimate of drug-likeness (QED) is 0.115. The number of aliphatic hydroxyl groups excluding tert-OH is 2. The molecule has 2 aromatic rings. The largest absolute Gasteiger partial charge is 0.507 e. The summed E-state index contributed by atoms with van der Waals surface area (Å²) in [5, 5.41) is 64.2. The standard InChI is InChI=1S/C44H58N2O13/c1-19-13-12-14-20(2)42(55)45-33-29(27-17-26(48)18-43(8,9)46-27)37(52)30-31(38(33)53)36(51)24(6)40-32(30)41(54)44(10,59-40)57-16-15-28(56-11)21(3)39(58-25(7)47)23(5)35(50)22(4)34(19)49/h12-16,19,21-23,27-28,34-35,39,46,49-53H,17-18H2,1-11H3,(H,45,55)/b13-12-,16-15?,20-14-/t19-,21+,22+,23+,27-,28-,34-,35+,39+,44-/m0/s1. The number of carbonyl (C=O) groups excluding carboxylic acids is 4. The number of anilines is 1. The average molecular weight is 823 g/mol. The number of esters is 1. The van der Waals surface area contributed by atoms with Crippen LogP contribution in [0.3, 0.4) is 0 Å². The minimum Gasteiger partial charge on any atom is -0.507 e. The number of piperidine rings is 1. The zero-order valence-corrected chi connectivity index (χ0v) is 35.5. The summed E-state index contributed by atoms with van der Waals surface area (Å²) in [6, 6.07) is -0.965. The van der Waals surface area contributed by atoms with Gasteiger partial charge in [0.2, 0.25) is 0 Å². The molecular weight excluding hydrogens is 764 g/mol. The van der Waals surface area contributed by atoms with E-state index in [0.717, 1.165) is 0 Å². The molecule has 0 spiro atoms. The van der Waals surface area contributed by atoms with Crippen LogP contribution in [-0.4, -0.2) is 91.8 Å². The van der Waals surface area contributed by atoms with Crippen molar-refractivity contribution in [2.45, 2.75) is 124 Å². The van der Waals surface area contributed by atoms with Crippen molar-refractivity contribution < 1.29 is 63.7 Å². The van der Waals surface area contributed by atoms with Gasteiger partial charge in [-0.15, -0.1) is 0 Å². The number of fused-ring (bicyclic) bond motifs is 14. The molecule has 4 aliphatic heterocycles. The fraction of sp³-hybridized carbons (Fsp3) is 0.545. The molecule has 4 heterocycles. The van der Waals surface area contributed by atoms with E-state index in [-0.39, 0.29) is 63.1 Å². The van der Waals surface area contributed by atoms with Crippen LogP contribution < -0.4 is 15.4 Å². The van der Waals surface area contributed by atoms with Crippen molar-refractivity contribution in [1.82, 2.24) is 5.32 Å². The Kier molecular flexibility index (Phi) is 13.0. The van der Waals surface area contributed by atoms with Gasteiger partial charge in [-0.3, -0.25) is 19.2 Å². The fourth-order valence-electron chi connectivity index (χ4n) is 8.63. The lowest BCUT2D eigenvalue weighted by atomic mass is 9.78. The van der Waals surface area contributed by atoms with Crippen molar-refractivity contribution in [2.24, 2.45) is 23.7 Å². The van der Waals surface area contributed by atoms with Crippen molar-refractivity contribution in [1.29, 1.82) is 0 Å². The molecule has 15 nitrogen and oxygen atoms in total. The minimum absolute atomic E-state index is 0.0291. The Balaban J connectivity index is 1.75. The number of benzene rings is 2. The van der Waals surface area contributed by atoms with Gasteiger partial charge in [0.25, 0.3) is 11.7 Å². The van der Waals surface area contributed by atoms with E-state index in [0.29, 0.717) is 0 Å². The number of amides is 1. The summed E-state index contributed by atoms with van der Waals surface area (Å²) in [5.74, 6) is -8.79. The molecule has 7 N–H and O–H groups in total. The summed E-state index contributed by atoms with van der Waals surface area (Å²) in [6.45, 7) is 16.0. The SMILES string of the molecule is CO[C@H]1C=CO[C@@]2(C)Oc3c(C)c(O)c4c(O)c(c([C@@H]5CC(=O)CC(C)(C)N5)c(O)c4c3C2=O)NC(=O)/C(C)=C\C=C/[C@H](C)[C@H](O)[C@@H](C)[C@@H](O)[C@@H](C)[C@H](OC(C)=O)[C@@H]1C. The van der Waals surface area contributed by atoms with E-state index in [4.69, 9.17) is 18.9 Å². The number of phenolic OH excluding ortho intramolecular Hbond substituents is 3. The number of Topliss-reactive ketones (excluding diaryl/α,β-unsaturated/α-hetero) is 2. The molecule has 59 heavy (non-hydrogen) atoms. The topological polar surface area (TPSA) is 230 Å². The predicted molar refractivity (Wildman–Crippen MR) is 218 cm³/mol. The van der Waals surface area contributed by atoms with E-state index in [2.05, 4.69) is 10.6 Å². The lowest BCUT2D eigenvalue weighted by molar-refractivity contribution is -0.160. The first kappa shape index (κ1) is 45.1. The van der Waals surface area contributed by atoms with Crippen molar-refractivity contribution in [3.63, 3.8) is 0 Å². The summed E-state index contributed by atoms with van der Waals surface area (Å²) in [6.07, 6.45) is 3.45. The molecule has 1 saturated heterocycles. The van der Waals surface area contributed by atoms with Crippen LogP contribution in [-0.2, 0) is 28.6 Å². The van der Waals surface area contributed by atoms with Gasteiger partial charge in [-0.25, -0.2) is 0 Å². The highest BCUT2D eigenvalue weighted by Gasteiger charge is 2.50. The minimum atomic E-state index is -2.08. The Labute approximate surface area is 344 Å². The highest BCUT2D eigenvalue weighted by atomic mass is 16.7. The van der Waals surface area contributed by atoms with Crippen molar-refractivity contribution >= 4 is 39.9 Å². The second-order valence-electron chi connectivity index (χ2n) is 17.1. The molecule has 0 saturated carbocycles. The Morgan fingerprint density at radius 3 is 2.17 bits per heavy atom. The zero-order chi connectivity index (χ0) is 44.0. The molecule has 1 amide bonds. The summed E-state index contributed by atoms with van der Waals surface area (Å²) < 4.78 is 23.6. The predicted octanol–water partition coefficient (Wildman–Crippen LogP) is 5.53. The number of ether oxygens (including phenoxy) is 4. The number of nitrogens with one attached hydrogen (secondary N) is 2. The van der Waals surface area contributed by atoms with Crippen LogP contribution in [0.5, 0.6) is 23.0 Å². The van der Waals surface area contributed by atoms with Crippen molar-refractivity contribution in [2.75, 3.05) is 12.4 Å². The fourth-order valence-corrected chi connectivity index (χ4v) is 8.63.